The quantitative estimate of drug-likeness (QED) is 0.0812. The third-order valence-corrected chi connectivity index (χ3v) is 12.7. The molecule has 6 rings (SSSR count). The fourth-order valence-electron chi connectivity index (χ4n) is 8.69. The van der Waals surface area contributed by atoms with Crippen LogP contribution in [0.3, 0.4) is 0 Å². The molecule has 2 heterocycles. The average molecular weight is 903 g/mol. The van der Waals surface area contributed by atoms with Crippen molar-refractivity contribution < 1.29 is 29.4 Å². The molecule has 2 aliphatic heterocycles. The smallest absolute Gasteiger partial charge is 0.318 e. The van der Waals surface area contributed by atoms with Crippen LogP contribution in [0.1, 0.15) is 49.9 Å². The predicted octanol–water partition coefficient (Wildman–Crippen LogP) is 4.27. The zero-order valence-electron chi connectivity index (χ0n) is 39.0. The molecule has 14 heteroatoms. The molecule has 4 aromatic carbocycles. The maximum atomic E-state index is 14.3. The van der Waals surface area contributed by atoms with Gasteiger partial charge in [-0.05, 0) is 46.9 Å². The van der Waals surface area contributed by atoms with Gasteiger partial charge in [-0.1, -0.05) is 149 Å². The van der Waals surface area contributed by atoms with Crippen molar-refractivity contribution >= 4 is 23.9 Å². The van der Waals surface area contributed by atoms with Crippen LogP contribution in [0, 0.1) is 11.8 Å². The Labute approximate surface area is 390 Å². The Morgan fingerprint density at radius 2 is 0.727 bits per heavy atom. The van der Waals surface area contributed by atoms with Crippen LogP contribution in [0.15, 0.2) is 121 Å². The summed E-state index contributed by atoms with van der Waals surface area (Å²) in [6.45, 7) is 13.8. The minimum Gasteiger partial charge on any atom is -0.388 e. The average Bonchev–Trinajstić information content (AvgIpc) is 3.33. The van der Waals surface area contributed by atoms with Crippen molar-refractivity contribution in [3.8, 4) is 0 Å². The topological polar surface area (TPSA) is 170 Å². The summed E-state index contributed by atoms with van der Waals surface area (Å²) in [5.74, 6) is -1.61. The summed E-state index contributed by atoms with van der Waals surface area (Å²) >= 11 is 0. The van der Waals surface area contributed by atoms with Crippen LogP contribution in [-0.2, 0) is 35.5 Å². The number of hydrogen-bond donors (Lipinski definition) is 6. The van der Waals surface area contributed by atoms with Gasteiger partial charge in [-0.3, -0.25) is 19.4 Å². The lowest BCUT2D eigenvalue weighted by Gasteiger charge is -2.37. The van der Waals surface area contributed by atoms with Gasteiger partial charge in [0.1, 0.15) is 24.3 Å². The van der Waals surface area contributed by atoms with Crippen LogP contribution in [0.2, 0.25) is 0 Å². The van der Waals surface area contributed by atoms with E-state index in [1.807, 2.05) is 125 Å². The van der Waals surface area contributed by atoms with E-state index in [4.69, 9.17) is 0 Å². The largest absolute Gasteiger partial charge is 0.388 e. The number of nitrogens with zero attached hydrogens (tertiary/aromatic N) is 4. The molecule has 0 radical (unpaired) electrons. The molecule has 2 fully saturated rings. The Balaban J connectivity index is 1.12. The van der Waals surface area contributed by atoms with Crippen LogP contribution < -0.4 is 21.3 Å². The minimum absolute atomic E-state index is 0.155. The number of urea groups is 2. The van der Waals surface area contributed by atoms with Crippen LogP contribution in [0.5, 0.6) is 0 Å². The maximum absolute atomic E-state index is 14.3. The second-order valence-corrected chi connectivity index (χ2v) is 18.4. The van der Waals surface area contributed by atoms with Gasteiger partial charge in [0, 0.05) is 65.4 Å². The maximum Gasteiger partial charge on any atom is 0.318 e. The van der Waals surface area contributed by atoms with Crippen molar-refractivity contribution in [3.63, 3.8) is 0 Å². The van der Waals surface area contributed by atoms with Gasteiger partial charge in [-0.2, -0.15) is 0 Å². The molecule has 0 saturated carbocycles. The SMILES string of the molecule is CC(C)[C@H](NC(=O)N1CCN(Cc2ccccc2)CC1)C(=O)N[C@@H](Cc1ccccc1)[C@H](O)[C@H](O)[C@H](Cc1ccccc1)NC(=O)[C@@H](NC(=O)N1CCN(Cc2ccccc2)CC1)C(C)C. The highest BCUT2D eigenvalue weighted by molar-refractivity contribution is 5.88. The number of nitrogens with one attached hydrogen (secondary N) is 4. The first-order chi connectivity index (χ1) is 31.8. The molecule has 0 aromatic heterocycles. The van der Waals surface area contributed by atoms with Crippen molar-refractivity contribution in [2.75, 3.05) is 52.4 Å². The lowest BCUT2D eigenvalue weighted by atomic mass is 9.90. The predicted molar refractivity (Wildman–Crippen MR) is 257 cm³/mol. The van der Waals surface area contributed by atoms with E-state index >= 15 is 0 Å². The summed E-state index contributed by atoms with van der Waals surface area (Å²) in [4.78, 5) is 63.9. The Morgan fingerprint density at radius 1 is 0.439 bits per heavy atom. The number of rotatable bonds is 19. The fraction of sp³-hybridized carbons (Fsp3) is 0.462. The zero-order chi connectivity index (χ0) is 47.0. The third kappa shape index (κ3) is 14.6. The number of aliphatic hydroxyl groups is 2. The first-order valence-electron chi connectivity index (χ1n) is 23.5. The molecule has 2 aliphatic rings. The van der Waals surface area contributed by atoms with E-state index in [0.717, 1.165) is 24.2 Å². The van der Waals surface area contributed by atoms with Crippen LogP contribution >= 0.6 is 0 Å². The van der Waals surface area contributed by atoms with Gasteiger partial charge >= 0.3 is 12.1 Å². The van der Waals surface area contributed by atoms with Gasteiger partial charge in [-0.25, -0.2) is 9.59 Å². The van der Waals surface area contributed by atoms with Crippen molar-refractivity contribution in [3.05, 3.63) is 144 Å². The van der Waals surface area contributed by atoms with Crippen molar-refractivity contribution in [2.45, 2.75) is 90.0 Å². The zero-order valence-corrected chi connectivity index (χ0v) is 39.0. The molecule has 0 bridgehead atoms. The number of carbonyl (C=O) groups is 4. The molecule has 2 saturated heterocycles. The van der Waals surface area contributed by atoms with Gasteiger partial charge in [0.25, 0.3) is 0 Å². The van der Waals surface area contributed by atoms with Crippen LogP contribution in [0.4, 0.5) is 9.59 Å². The molecular formula is C52H70N8O6. The van der Waals surface area contributed by atoms with E-state index in [1.165, 1.54) is 11.1 Å². The second kappa shape index (κ2) is 24.6. The number of amides is 6. The molecule has 0 unspecified atom stereocenters. The molecule has 4 aromatic rings. The highest BCUT2D eigenvalue weighted by atomic mass is 16.3. The van der Waals surface area contributed by atoms with Gasteiger partial charge < -0.3 is 41.3 Å². The standard InChI is InChI=1S/C52H70N8O6/c1-37(2)45(55-51(65)59-29-25-57(26-30-59)35-41-21-13-7-14-22-41)49(63)53-43(33-39-17-9-5-10-18-39)47(61)48(62)44(34-40-19-11-6-12-20-40)54-50(64)46(38(3)4)56-52(66)60-31-27-58(28-32-60)36-42-23-15-8-16-24-42/h5-24,37-38,43-48,61-62H,25-36H2,1-4H3,(H,53,63)(H,54,64)(H,55,65)(H,56,66)/t43-,44-,45-,46-,47-,48+/m0/s1. The Morgan fingerprint density at radius 3 is 1.02 bits per heavy atom. The summed E-state index contributed by atoms with van der Waals surface area (Å²) in [5, 5.41) is 36.2. The minimum atomic E-state index is -1.57. The summed E-state index contributed by atoms with van der Waals surface area (Å²) in [6.07, 6.45) is -2.82. The van der Waals surface area contributed by atoms with Gasteiger partial charge in [0.05, 0.1) is 12.1 Å². The van der Waals surface area contributed by atoms with Gasteiger partial charge in [0.2, 0.25) is 11.8 Å². The first-order valence-corrected chi connectivity index (χ1v) is 23.5. The van der Waals surface area contributed by atoms with E-state index in [-0.39, 0.29) is 36.7 Å². The Kier molecular flexibility index (Phi) is 18.5. The number of hydrogen-bond acceptors (Lipinski definition) is 8. The lowest BCUT2D eigenvalue weighted by Crippen LogP contribution is -2.63. The summed E-state index contributed by atoms with van der Waals surface area (Å²) in [7, 11) is 0. The molecule has 6 atom stereocenters. The Bertz CT molecular complexity index is 1950. The normalized spacial score (nSPS) is 17.6. The fourth-order valence-corrected chi connectivity index (χ4v) is 8.69. The lowest BCUT2D eigenvalue weighted by molar-refractivity contribution is -0.129. The summed E-state index contributed by atoms with van der Waals surface area (Å²) in [6, 6.07) is 34.5. The van der Waals surface area contributed by atoms with E-state index in [9.17, 15) is 29.4 Å². The molecule has 354 valence electrons. The van der Waals surface area contributed by atoms with E-state index in [0.29, 0.717) is 52.4 Å². The van der Waals surface area contributed by atoms with Crippen molar-refractivity contribution in [2.24, 2.45) is 11.8 Å². The molecule has 6 amide bonds. The van der Waals surface area contributed by atoms with E-state index in [2.05, 4.69) is 55.3 Å². The molecule has 0 aliphatic carbocycles. The molecule has 14 nitrogen and oxygen atoms in total. The first kappa shape index (κ1) is 49.6. The van der Waals surface area contributed by atoms with Gasteiger partial charge in [-0.15, -0.1) is 0 Å². The van der Waals surface area contributed by atoms with Crippen molar-refractivity contribution in [1.29, 1.82) is 0 Å². The second-order valence-electron chi connectivity index (χ2n) is 18.4. The molecule has 0 spiro atoms. The van der Waals surface area contributed by atoms with E-state index in [1.54, 1.807) is 9.80 Å². The highest BCUT2D eigenvalue weighted by Crippen LogP contribution is 2.18. The third-order valence-electron chi connectivity index (χ3n) is 12.7. The monoisotopic (exact) mass is 903 g/mol. The number of piperazine rings is 2. The Hall–Kier alpha value is -5.80. The van der Waals surface area contributed by atoms with Crippen LogP contribution in [-0.4, -0.2) is 142 Å². The summed E-state index contributed by atoms with van der Waals surface area (Å²) < 4.78 is 0. The van der Waals surface area contributed by atoms with Gasteiger partial charge in [0.15, 0.2) is 0 Å². The highest BCUT2D eigenvalue weighted by Gasteiger charge is 2.38. The van der Waals surface area contributed by atoms with Crippen molar-refractivity contribution in [1.82, 2.24) is 40.9 Å². The number of benzene rings is 4. The number of carbonyl (C=O) groups excluding carboxylic acids is 4. The molecule has 66 heavy (non-hydrogen) atoms. The van der Waals surface area contributed by atoms with E-state index < -0.39 is 48.2 Å². The van der Waals surface area contributed by atoms with Crippen LogP contribution in [0.25, 0.3) is 0 Å². The number of aliphatic hydroxyl groups excluding tert-OH is 2. The summed E-state index contributed by atoms with van der Waals surface area (Å²) in [5.41, 5.74) is 4.03. The molecular weight excluding hydrogens is 833 g/mol. The molecule has 6 N–H and O–H groups in total.